The summed E-state index contributed by atoms with van der Waals surface area (Å²) < 4.78 is 103. The number of aromatic nitrogens is 2. The average molecular weight is 638 g/mol. The van der Waals surface area contributed by atoms with Gasteiger partial charge in [0.05, 0.1) is 21.1 Å². The second-order valence-electron chi connectivity index (χ2n) is 11.4. The van der Waals surface area contributed by atoms with E-state index >= 15 is 4.39 Å². The van der Waals surface area contributed by atoms with Crippen molar-refractivity contribution in [3.8, 4) is 6.01 Å². The Labute approximate surface area is 234 Å². The maximum atomic E-state index is 15.5. The first-order valence-electron chi connectivity index (χ1n) is 13.1. The van der Waals surface area contributed by atoms with Crippen molar-refractivity contribution in [2.24, 2.45) is 0 Å². The number of hydrogen-bond acceptors (Lipinski definition) is 6. The van der Waals surface area contributed by atoms with Crippen LogP contribution in [0.25, 0.3) is 10.9 Å². The maximum Gasteiger partial charge on any atom is 0.417 e. The van der Waals surface area contributed by atoms with E-state index in [9.17, 15) is 26.3 Å². The van der Waals surface area contributed by atoms with Crippen molar-refractivity contribution < 1.29 is 35.5 Å². The van der Waals surface area contributed by atoms with Gasteiger partial charge in [-0.1, -0.05) is 0 Å². The minimum atomic E-state index is -4.88. The van der Waals surface area contributed by atoms with Crippen LogP contribution in [0, 0.1) is 5.82 Å². The highest BCUT2D eigenvalue weighted by atomic mass is 79.9. The number of hydrogen-bond donors (Lipinski definition) is 0. The first kappa shape index (κ1) is 28.0. The molecule has 14 heteroatoms. The number of likely N-dealkylation sites (N-methyl/N-ethyl adjacent to an activating group) is 1. The molecule has 4 fully saturated rings. The molecule has 0 radical (unpaired) electrons. The van der Waals surface area contributed by atoms with Gasteiger partial charge in [0.1, 0.15) is 24.1 Å². The van der Waals surface area contributed by atoms with Gasteiger partial charge in [-0.3, -0.25) is 9.80 Å². The van der Waals surface area contributed by atoms with Crippen LogP contribution < -0.4 is 9.64 Å². The second-order valence-corrected chi connectivity index (χ2v) is 12.2. The van der Waals surface area contributed by atoms with Gasteiger partial charge < -0.3 is 9.64 Å². The van der Waals surface area contributed by atoms with Crippen LogP contribution in [-0.2, 0) is 6.18 Å². The van der Waals surface area contributed by atoms with Crippen LogP contribution in [0.4, 0.5) is 36.6 Å². The topological polar surface area (TPSA) is 44.7 Å². The van der Waals surface area contributed by atoms with Gasteiger partial charge in [-0.05, 0) is 61.3 Å². The van der Waals surface area contributed by atoms with Gasteiger partial charge in [0.2, 0.25) is 0 Å². The molecule has 0 saturated carbocycles. The highest BCUT2D eigenvalue weighted by Gasteiger charge is 2.51. The molecule has 2 aromatic rings. The lowest BCUT2D eigenvalue weighted by Crippen LogP contribution is -2.59. The molecule has 0 aliphatic carbocycles. The number of anilines is 1. The Balaban J connectivity index is 1.45. The number of ether oxygens (including phenoxy) is 1. The van der Waals surface area contributed by atoms with Crippen LogP contribution in [0.2, 0.25) is 0 Å². The smallest absolute Gasteiger partial charge is 0.417 e. The monoisotopic (exact) mass is 637 g/mol. The van der Waals surface area contributed by atoms with Crippen LogP contribution in [0.1, 0.15) is 37.7 Å². The van der Waals surface area contributed by atoms with E-state index in [0.29, 0.717) is 25.8 Å². The number of piperazine rings is 1. The third-order valence-corrected chi connectivity index (χ3v) is 9.88. The Morgan fingerprint density at radius 2 is 2.00 bits per heavy atom. The van der Waals surface area contributed by atoms with Crippen LogP contribution in [0.3, 0.4) is 0 Å². The normalized spacial score (nSPS) is 30.8. The largest absolute Gasteiger partial charge is 0.461 e. The molecule has 1 aromatic carbocycles. The SMILES string of the molecule is CN1C2CCC1(C=C(F)F)CN(c1nc(OC[C@@]34CCCN3C[C@H](F)C4)nc3c(F)c(Br)c(C(F)(F)F)cc13)C2. The van der Waals surface area contributed by atoms with Crippen molar-refractivity contribution in [2.75, 3.05) is 44.7 Å². The van der Waals surface area contributed by atoms with Gasteiger partial charge in [-0.25, -0.2) is 8.78 Å². The zero-order valence-corrected chi connectivity index (χ0v) is 23.1. The summed E-state index contributed by atoms with van der Waals surface area (Å²) in [5.41, 5.74) is -3.25. The van der Waals surface area contributed by atoms with E-state index in [0.717, 1.165) is 25.1 Å². The predicted molar refractivity (Wildman–Crippen MR) is 137 cm³/mol. The van der Waals surface area contributed by atoms with E-state index < -0.39 is 45.4 Å². The first-order chi connectivity index (χ1) is 18.8. The van der Waals surface area contributed by atoms with Crippen molar-refractivity contribution >= 4 is 32.7 Å². The molecule has 0 spiro atoms. The molecule has 4 saturated heterocycles. The highest BCUT2D eigenvalue weighted by Crippen LogP contribution is 2.45. The average Bonchev–Trinajstić information content (AvgIpc) is 3.43. The zero-order valence-electron chi connectivity index (χ0n) is 21.5. The maximum absolute atomic E-state index is 15.5. The fourth-order valence-corrected chi connectivity index (χ4v) is 7.64. The lowest BCUT2D eigenvalue weighted by atomic mass is 9.95. The summed E-state index contributed by atoms with van der Waals surface area (Å²) in [6.45, 7) is 1.33. The quantitative estimate of drug-likeness (QED) is 0.378. The minimum Gasteiger partial charge on any atom is -0.461 e. The standard InChI is InChI=1S/C26H27BrF7N5O/c1-37-15-3-5-24(37,9-18(29)30)12-38(11-15)22-16-7-17(26(32,33)34)19(27)20(31)21(16)35-23(36-22)40-13-25-4-2-6-39(25)10-14(28)8-25/h7,9,14-15H,2-6,8,10-13H2,1H3/t14-,15?,24?,25+/m1/s1. The Morgan fingerprint density at radius 3 is 2.73 bits per heavy atom. The Hall–Kier alpha value is -2.19. The fraction of sp³-hybridized carbons (Fsp3) is 0.615. The second kappa shape index (κ2) is 9.69. The highest BCUT2D eigenvalue weighted by molar-refractivity contribution is 9.10. The zero-order chi connectivity index (χ0) is 28.6. The molecule has 6 rings (SSSR count). The summed E-state index contributed by atoms with van der Waals surface area (Å²) in [4.78, 5) is 14.1. The molecule has 4 aliphatic rings. The van der Waals surface area contributed by atoms with Crippen LogP contribution in [0.5, 0.6) is 6.01 Å². The van der Waals surface area contributed by atoms with Gasteiger partial charge in [-0.15, -0.1) is 0 Å². The van der Waals surface area contributed by atoms with E-state index in [4.69, 9.17) is 4.74 Å². The number of nitrogens with zero attached hydrogens (tertiary/aromatic N) is 5. The van der Waals surface area contributed by atoms with Gasteiger partial charge in [0.15, 0.2) is 5.82 Å². The van der Waals surface area contributed by atoms with E-state index in [-0.39, 0.29) is 54.9 Å². The van der Waals surface area contributed by atoms with Gasteiger partial charge in [0.25, 0.3) is 6.08 Å². The van der Waals surface area contributed by atoms with Crippen molar-refractivity contribution in [3.05, 3.63) is 34.1 Å². The Bertz CT molecular complexity index is 1370. The number of fused-ring (bicyclic) bond motifs is 4. The fourth-order valence-electron chi connectivity index (χ4n) is 7.12. The molecule has 2 bridgehead atoms. The van der Waals surface area contributed by atoms with Gasteiger partial charge in [-0.2, -0.15) is 31.9 Å². The summed E-state index contributed by atoms with van der Waals surface area (Å²) in [5, 5.41) is -0.200. The lowest BCUT2D eigenvalue weighted by molar-refractivity contribution is -0.138. The van der Waals surface area contributed by atoms with Crippen molar-refractivity contribution in [2.45, 2.75) is 61.6 Å². The number of alkyl halides is 4. The number of halogens is 8. The number of benzene rings is 1. The molecule has 0 N–H and O–H groups in total. The third kappa shape index (κ3) is 4.54. The summed E-state index contributed by atoms with van der Waals surface area (Å²) in [5.74, 6) is -1.25. The van der Waals surface area contributed by atoms with Crippen molar-refractivity contribution in [3.63, 3.8) is 0 Å². The van der Waals surface area contributed by atoms with Gasteiger partial charge in [0, 0.05) is 43.6 Å². The van der Waals surface area contributed by atoms with E-state index in [1.54, 1.807) is 11.9 Å². The van der Waals surface area contributed by atoms with Crippen LogP contribution >= 0.6 is 15.9 Å². The predicted octanol–water partition coefficient (Wildman–Crippen LogP) is 5.94. The molecule has 1 aromatic heterocycles. The molecular weight excluding hydrogens is 611 g/mol. The Kier molecular flexibility index (Phi) is 6.77. The summed E-state index contributed by atoms with van der Waals surface area (Å²) in [7, 11) is 1.74. The Morgan fingerprint density at radius 1 is 1.23 bits per heavy atom. The molecular formula is C26H27BrF7N5O. The molecule has 4 atom stereocenters. The third-order valence-electron chi connectivity index (χ3n) is 9.10. The van der Waals surface area contributed by atoms with E-state index in [2.05, 4.69) is 25.9 Å². The minimum absolute atomic E-state index is 0.00315. The molecule has 2 unspecified atom stereocenters. The molecule has 218 valence electrons. The molecule has 40 heavy (non-hydrogen) atoms. The molecule has 4 aliphatic heterocycles. The van der Waals surface area contributed by atoms with E-state index in [1.165, 1.54) is 0 Å². The van der Waals surface area contributed by atoms with Crippen LogP contribution in [-0.4, -0.2) is 82.9 Å². The lowest BCUT2D eigenvalue weighted by Gasteiger charge is -2.46. The van der Waals surface area contributed by atoms with Crippen LogP contribution in [0.15, 0.2) is 22.7 Å². The summed E-state index contributed by atoms with van der Waals surface area (Å²) in [6.07, 6.45) is -4.01. The van der Waals surface area contributed by atoms with E-state index in [1.807, 2.05) is 9.80 Å². The van der Waals surface area contributed by atoms with Crippen molar-refractivity contribution in [1.82, 2.24) is 19.8 Å². The molecule has 0 amide bonds. The molecule has 5 heterocycles. The first-order valence-corrected chi connectivity index (χ1v) is 13.9. The molecule has 6 nitrogen and oxygen atoms in total. The van der Waals surface area contributed by atoms with Crippen molar-refractivity contribution in [1.29, 1.82) is 0 Å². The van der Waals surface area contributed by atoms with Gasteiger partial charge >= 0.3 is 12.2 Å². The summed E-state index contributed by atoms with van der Waals surface area (Å²) >= 11 is 2.73. The summed E-state index contributed by atoms with van der Waals surface area (Å²) in [6, 6.07) is 0.346. The number of rotatable bonds is 5.